The van der Waals surface area contributed by atoms with Crippen molar-refractivity contribution in [3.63, 3.8) is 0 Å². The minimum absolute atomic E-state index is 0.185. The zero-order valence-corrected chi connectivity index (χ0v) is 23.6. The molecule has 35 heavy (non-hydrogen) atoms. The molecule has 5 nitrogen and oxygen atoms in total. The van der Waals surface area contributed by atoms with Gasteiger partial charge in [-0.2, -0.15) is 0 Å². The summed E-state index contributed by atoms with van der Waals surface area (Å²) in [5, 5.41) is 9.82. The van der Waals surface area contributed by atoms with Gasteiger partial charge in [0.15, 0.2) is 0 Å². The van der Waals surface area contributed by atoms with Gasteiger partial charge in [-0.15, -0.1) is 0 Å². The van der Waals surface area contributed by atoms with Gasteiger partial charge in [0, 0.05) is 20.8 Å². The molecule has 0 aromatic heterocycles. The van der Waals surface area contributed by atoms with Crippen molar-refractivity contribution in [2.24, 2.45) is 58.2 Å². The Bertz CT molecular complexity index is 686. The van der Waals surface area contributed by atoms with Gasteiger partial charge in [-0.1, -0.05) is 47.5 Å². The lowest BCUT2D eigenvalue weighted by atomic mass is 9.41. The highest BCUT2D eigenvalue weighted by atomic mass is 16.7. The van der Waals surface area contributed by atoms with Crippen molar-refractivity contribution < 1.29 is 24.1 Å². The first-order valence-corrected chi connectivity index (χ1v) is 14.6. The zero-order chi connectivity index (χ0) is 25.4. The Morgan fingerprint density at radius 3 is 2.26 bits per heavy atom. The zero-order valence-electron chi connectivity index (χ0n) is 23.6. The van der Waals surface area contributed by atoms with Crippen molar-refractivity contribution in [2.75, 3.05) is 34.4 Å². The van der Waals surface area contributed by atoms with E-state index in [1.165, 1.54) is 38.5 Å². The summed E-state index contributed by atoms with van der Waals surface area (Å²) >= 11 is 0. The van der Waals surface area contributed by atoms with Crippen molar-refractivity contribution in [2.45, 2.75) is 98.2 Å². The molecule has 4 aliphatic carbocycles. The predicted molar refractivity (Wildman–Crippen MR) is 139 cm³/mol. The summed E-state index contributed by atoms with van der Waals surface area (Å²) in [5.74, 6) is 4.84. The number of aliphatic hydroxyl groups is 1. The summed E-state index contributed by atoms with van der Waals surface area (Å²) in [4.78, 5) is 0. The van der Waals surface area contributed by atoms with E-state index in [0.29, 0.717) is 54.5 Å². The fraction of sp³-hybridized carbons (Fsp3) is 1.00. The molecular formula is C30H54O5. The molecule has 5 heteroatoms. The minimum atomic E-state index is 0.185. The highest BCUT2D eigenvalue weighted by Crippen LogP contribution is 2.70. The number of hydrogen-bond acceptors (Lipinski definition) is 5. The van der Waals surface area contributed by atoms with E-state index in [1.807, 2.05) is 0 Å². The molecule has 4 rings (SSSR count). The third-order valence-corrected chi connectivity index (χ3v) is 11.7. The molecule has 0 amide bonds. The summed E-state index contributed by atoms with van der Waals surface area (Å²) in [7, 11) is 3.48. The van der Waals surface area contributed by atoms with Crippen LogP contribution in [0.4, 0.5) is 0 Å². The van der Waals surface area contributed by atoms with Gasteiger partial charge in [-0.25, -0.2) is 0 Å². The maximum absolute atomic E-state index is 9.82. The smallest absolute Gasteiger partial charge is 0.146 e. The van der Waals surface area contributed by atoms with Gasteiger partial charge in [-0.3, -0.25) is 0 Å². The normalized spacial score (nSPS) is 48.2. The van der Waals surface area contributed by atoms with Crippen LogP contribution in [-0.4, -0.2) is 51.7 Å². The molecule has 0 radical (unpaired) electrons. The van der Waals surface area contributed by atoms with Crippen LogP contribution in [0, 0.1) is 58.2 Å². The van der Waals surface area contributed by atoms with E-state index < -0.39 is 0 Å². The second kappa shape index (κ2) is 11.3. The molecule has 0 aromatic carbocycles. The van der Waals surface area contributed by atoms with E-state index in [9.17, 15) is 5.11 Å². The van der Waals surface area contributed by atoms with Crippen LogP contribution < -0.4 is 0 Å². The topological polar surface area (TPSA) is 57.2 Å². The van der Waals surface area contributed by atoms with Crippen LogP contribution in [0.3, 0.4) is 0 Å². The largest absolute Gasteiger partial charge is 0.396 e. The van der Waals surface area contributed by atoms with Crippen LogP contribution >= 0.6 is 0 Å². The summed E-state index contributed by atoms with van der Waals surface area (Å²) in [5.41, 5.74) is 0.607. The molecule has 12 atom stereocenters. The monoisotopic (exact) mass is 494 g/mol. The van der Waals surface area contributed by atoms with E-state index in [4.69, 9.17) is 18.9 Å². The Labute approximate surface area is 215 Å². The van der Waals surface area contributed by atoms with Gasteiger partial charge in [0.25, 0.3) is 0 Å². The molecule has 3 unspecified atom stereocenters. The molecule has 0 aliphatic heterocycles. The maximum Gasteiger partial charge on any atom is 0.146 e. The first-order valence-electron chi connectivity index (χ1n) is 14.6. The molecule has 4 aliphatic rings. The van der Waals surface area contributed by atoms with Gasteiger partial charge in [0.1, 0.15) is 13.6 Å². The van der Waals surface area contributed by atoms with Gasteiger partial charge < -0.3 is 24.1 Å². The molecule has 0 bridgehead atoms. The second-order valence-electron chi connectivity index (χ2n) is 13.3. The predicted octanol–water partition coefficient (Wildman–Crippen LogP) is 6.13. The lowest BCUT2D eigenvalue weighted by molar-refractivity contribution is -0.231. The Hall–Kier alpha value is -0.200. The molecule has 0 heterocycles. The number of methoxy groups -OCH3 is 2. The summed E-state index contributed by atoms with van der Waals surface area (Å²) in [6.45, 7) is 13.4. The highest BCUT2D eigenvalue weighted by Gasteiger charge is 2.67. The number of fused-ring (bicyclic) bond motifs is 5. The Kier molecular flexibility index (Phi) is 8.96. The molecule has 0 spiro atoms. The lowest BCUT2D eigenvalue weighted by Gasteiger charge is -2.65. The van der Waals surface area contributed by atoms with E-state index >= 15 is 0 Å². The Morgan fingerprint density at radius 1 is 0.914 bits per heavy atom. The molecule has 0 saturated heterocycles. The molecule has 1 N–H and O–H groups in total. The van der Waals surface area contributed by atoms with Gasteiger partial charge >= 0.3 is 0 Å². The van der Waals surface area contributed by atoms with E-state index in [2.05, 4.69) is 34.6 Å². The SMILES string of the molecule is CC[C@H]1[C@@H](OCOC)C2C3C[C@H](OCOC)[C@H]([C@H](C)CCO)[C@@]3(C)CCC2[C@@]2(C)CC[C@@H](C)C[C@@H]12. The van der Waals surface area contributed by atoms with Gasteiger partial charge in [0.05, 0.1) is 12.2 Å². The molecule has 4 saturated carbocycles. The first kappa shape index (κ1) is 27.8. The molecule has 204 valence electrons. The van der Waals surface area contributed by atoms with Gasteiger partial charge in [0.2, 0.25) is 0 Å². The minimum Gasteiger partial charge on any atom is -0.396 e. The standard InChI is InChI=1S/C30H54O5/c1-8-21-23-15-19(2)9-12-29(23,4)22-10-13-30(5)24(26(22)28(21)35-18-33-7)16-25(34-17-32-6)27(30)20(3)11-14-31/h19-28,31H,8-18H2,1-7H3/t19-,20-,21-,22?,23+,24?,25+,26?,27+,28-,29-,30+/m1/s1. The van der Waals surface area contributed by atoms with E-state index in [1.54, 1.807) is 14.2 Å². The van der Waals surface area contributed by atoms with Crippen LogP contribution in [0.2, 0.25) is 0 Å². The lowest BCUT2D eigenvalue weighted by Crippen LogP contribution is -2.62. The fourth-order valence-corrected chi connectivity index (χ4v) is 10.3. The van der Waals surface area contributed by atoms with Crippen molar-refractivity contribution in [1.82, 2.24) is 0 Å². The van der Waals surface area contributed by atoms with Crippen molar-refractivity contribution >= 4 is 0 Å². The van der Waals surface area contributed by atoms with Crippen LogP contribution in [0.15, 0.2) is 0 Å². The second-order valence-corrected chi connectivity index (χ2v) is 13.3. The van der Waals surface area contributed by atoms with Crippen molar-refractivity contribution in [1.29, 1.82) is 0 Å². The quantitative estimate of drug-likeness (QED) is 0.370. The Morgan fingerprint density at radius 2 is 1.60 bits per heavy atom. The van der Waals surface area contributed by atoms with Crippen LogP contribution in [0.1, 0.15) is 86.0 Å². The number of ether oxygens (including phenoxy) is 4. The maximum atomic E-state index is 9.82. The molecule has 0 aromatic rings. The third-order valence-electron chi connectivity index (χ3n) is 11.7. The van der Waals surface area contributed by atoms with E-state index in [0.717, 1.165) is 24.7 Å². The van der Waals surface area contributed by atoms with E-state index in [-0.39, 0.29) is 24.2 Å². The fourth-order valence-electron chi connectivity index (χ4n) is 10.3. The first-order chi connectivity index (χ1) is 16.8. The van der Waals surface area contributed by atoms with Gasteiger partial charge in [-0.05, 0) is 96.7 Å². The number of aliphatic hydroxyl groups excluding tert-OH is 1. The summed E-state index contributed by atoms with van der Waals surface area (Å²) < 4.78 is 24.0. The van der Waals surface area contributed by atoms with Crippen molar-refractivity contribution in [3.05, 3.63) is 0 Å². The Balaban J connectivity index is 1.74. The van der Waals surface area contributed by atoms with Crippen LogP contribution in [0.25, 0.3) is 0 Å². The van der Waals surface area contributed by atoms with Crippen LogP contribution in [0.5, 0.6) is 0 Å². The summed E-state index contributed by atoms with van der Waals surface area (Å²) in [6, 6.07) is 0. The third kappa shape index (κ3) is 4.75. The number of hydrogen-bond donors (Lipinski definition) is 1. The average molecular weight is 495 g/mol. The summed E-state index contributed by atoms with van der Waals surface area (Å²) in [6.07, 6.45) is 10.2. The molecular weight excluding hydrogens is 440 g/mol. The number of rotatable bonds is 10. The van der Waals surface area contributed by atoms with Crippen LogP contribution in [-0.2, 0) is 18.9 Å². The van der Waals surface area contributed by atoms with Crippen molar-refractivity contribution in [3.8, 4) is 0 Å². The molecule has 4 fully saturated rings. The highest BCUT2D eigenvalue weighted by molar-refractivity contribution is 5.15. The average Bonchev–Trinajstić information content (AvgIpc) is 3.14.